The van der Waals surface area contributed by atoms with Crippen LogP contribution in [0.5, 0.6) is 0 Å². The molecule has 22 heavy (non-hydrogen) atoms. The molecule has 122 valence electrons. The molecule has 0 aliphatic rings. The Hall–Kier alpha value is -1.47. The lowest BCUT2D eigenvalue weighted by Crippen LogP contribution is -2.56. The van der Waals surface area contributed by atoms with Crippen molar-refractivity contribution in [2.75, 3.05) is 13.7 Å². The van der Waals surface area contributed by atoms with E-state index in [4.69, 9.17) is 4.74 Å². The minimum absolute atomic E-state index is 0.136. The number of methoxy groups -OCH3 is 1. The lowest BCUT2D eigenvalue weighted by atomic mass is 9.97. The van der Waals surface area contributed by atoms with Crippen molar-refractivity contribution in [3.8, 4) is 0 Å². The van der Waals surface area contributed by atoms with E-state index < -0.39 is 23.3 Å². The van der Waals surface area contributed by atoms with Crippen molar-refractivity contribution in [2.45, 2.75) is 25.8 Å². The van der Waals surface area contributed by atoms with Crippen molar-refractivity contribution in [3.63, 3.8) is 0 Å². The highest BCUT2D eigenvalue weighted by Crippen LogP contribution is 2.19. The Kier molecular flexibility index (Phi) is 6.49. The predicted molar refractivity (Wildman–Crippen MR) is 83.0 cm³/mol. The van der Waals surface area contributed by atoms with Crippen LogP contribution in [0.1, 0.15) is 19.4 Å². The lowest BCUT2D eigenvalue weighted by molar-refractivity contribution is -0.149. The fourth-order valence-corrected chi connectivity index (χ4v) is 2.37. The molecule has 5 nitrogen and oxygen atoms in total. The zero-order valence-electron chi connectivity index (χ0n) is 12.7. The number of ether oxygens (including phenoxy) is 1. The number of rotatable bonds is 7. The summed E-state index contributed by atoms with van der Waals surface area (Å²) in [6.07, 6.45) is 0.368. The largest absolute Gasteiger partial charge is 0.479 e. The number of hydrogen-bond donors (Lipinski definition) is 2. The highest BCUT2D eigenvalue weighted by molar-refractivity contribution is 9.10. The van der Waals surface area contributed by atoms with E-state index in [-0.39, 0.29) is 12.4 Å². The Morgan fingerprint density at radius 1 is 1.50 bits per heavy atom. The smallest absolute Gasteiger partial charge is 0.331 e. The summed E-state index contributed by atoms with van der Waals surface area (Å²) in [6.45, 7) is 2.93. The van der Waals surface area contributed by atoms with Crippen molar-refractivity contribution in [1.29, 1.82) is 0 Å². The SMILES string of the molecule is COCC(C)(NC(=O)C(C)Cc1ccc(F)c(Br)c1)C(=O)O. The van der Waals surface area contributed by atoms with Gasteiger partial charge in [-0.3, -0.25) is 4.79 Å². The zero-order valence-corrected chi connectivity index (χ0v) is 14.2. The molecule has 1 amide bonds. The third kappa shape index (κ3) is 4.78. The Bertz CT molecular complexity index is 566. The Morgan fingerprint density at radius 2 is 2.14 bits per heavy atom. The van der Waals surface area contributed by atoms with Crippen LogP contribution in [0.3, 0.4) is 0 Å². The molecule has 0 aliphatic heterocycles. The Morgan fingerprint density at radius 3 is 2.64 bits per heavy atom. The van der Waals surface area contributed by atoms with E-state index >= 15 is 0 Å². The first kappa shape index (κ1) is 18.6. The van der Waals surface area contributed by atoms with Crippen molar-refractivity contribution < 1.29 is 23.8 Å². The summed E-state index contributed by atoms with van der Waals surface area (Å²) in [5.41, 5.74) is -0.705. The molecule has 7 heteroatoms. The number of hydrogen-bond acceptors (Lipinski definition) is 3. The number of carboxylic acid groups (broad SMARTS) is 1. The van der Waals surface area contributed by atoms with Crippen LogP contribution >= 0.6 is 15.9 Å². The zero-order chi connectivity index (χ0) is 16.9. The van der Waals surface area contributed by atoms with E-state index in [0.29, 0.717) is 10.9 Å². The molecule has 1 aromatic carbocycles. The van der Waals surface area contributed by atoms with Gasteiger partial charge in [0.25, 0.3) is 0 Å². The molecule has 0 saturated heterocycles. The molecule has 0 radical (unpaired) electrons. The van der Waals surface area contributed by atoms with Crippen LogP contribution in [0.25, 0.3) is 0 Å². The molecule has 0 aromatic heterocycles. The summed E-state index contributed by atoms with van der Waals surface area (Å²) in [6, 6.07) is 4.51. The standard InChI is InChI=1S/C15H19BrFNO4/c1-9(6-10-4-5-12(17)11(16)7-10)13(19)18-15(2,8-22-3)14(20)21/h4-5,7,9H,6,8H2,1-3H3,(H,18,19)(H,20,21). The lowest BCUT2D eigenvalue weighted by Gasteiger charge is -2.27. The van der Waals surface area contributed by atoms with E-state index in [0.717, 1.165) is 5.56 Å². The fraction of sp³-hybridized carbons (Fsp3) is 0.467. The van der Waals surface area contributed by atoms with Gasteiger partial charge in [-0.2, -0.15) is 0 Å². The fourth-order valence-electron chi connectivity index (χ4n) is 1.95. The van der Waals surface area contributed by atoms with Crippen LogP contribution in [0.15, 0.2) is 22.7 Å². The minimum Gasteiger partial charge on any atom is -0.479 e. The van der Waals surface area contributed by atoms with Gasteiger partial charge in [0, 0.05) is 13.0 Å². The highest BCUT2D eigenvalue weighted by atomic mass is 79.9. The average Bonchev–Trinajstić information content (AvgIpc) is 2.42. The normalized spacial score (nSPS) is 15.0. The van der Waals surface area contributed by atoms with Gasteiger partial charge in [0.1, 0.15) is 5.82 Å². The first-order valence-corrected chi connectivity index (χ1v) is 7.47. The molecular formula is C15H19BrFNO4. The van der Waals surface area contributed by atoms with Crippen LogP contribution < -0.4 is 5.32 Å². The van der Waals surface area contributed by atoms with E-state index in [1.807, 2.05) is 0 Å². The number of amides is 1. The number of benzene rings is 1. The van der Waals surface area contributed by atoms with Gasteiger partial charge in [-0.25, -0.2) is 9.18 Å². The van der Waals surface area contributed by atoms with Gasteiger partial charge in [-0.05, 0) is 47.0 Å². The average molecular weight is 376 g/mol. The maximum Gasteiger partial charge on any atom is 0.331 e. The molecule has 0 saturated carbocycles. The van der Waals surface area contributed by atoms with Gasteiger partial charge in [0.05, 0.1) is 11.1 Å². The third-order valence-electron chi connectivity index (χ3n) is 3.28. The number of carboxylic acids is 1. The third-order valence-corrected chi connectivity index (χ3v) is 3.89. The van der Waals surface area contributed by atoms with Gasteiger partial charge in [0.2, 0.25) is 5.91 Å². The number of carbonyl (C=O) groups excluding carboxylic acids is 1. The first-order valence-electron chi connectivity index (χ1n) is 6.68. The highest BCUT2D eigenvalue weighted by Gasteiger charge is 2.36. The number of halogens is 2. The van der Waals surface area contributed by atoms with Gasteiger partial charge < -0.3 is 15.2 Å². The summed E-state index contributed by atoms with van der Waals surface area (Å²) >= 11 is 3.09. The number of nitrogens with one attached hydrogen (secondary N) is 1. The molecule has 0 aliphatic carbocycles. The minimum atomic E-state index is -1.48. The molecule has 0 spiro atoms. The Balaban J connectivity index is 2.75. The number of carbonyl (C=O) groups is 2. The van der Waals surface area contributed by atoms with Crippen LogP contribution in [-0.4, -0.2) is 36.2 Å². The van der Waals surface area contributed by atoms with Crippen molar-refractivity contribution in [2.24, 2.45) is 5.92 Å². The van der Waals surface area contributed by atoms with E-state index in [2.05, 4.69) is 21.2 Å². The molecule has 0 bridgehead atoms. The molecule has 2 atom stereocenters. The van der Waals surface area contributed by atoms with Crippen LogP contribution in [0.2, 0.25) is 0 Å². The maximum atomic E-state index is 13.2. The molecule has 1 rings (SSSR count). The molecule has 1 aromatic rings. The molecule has 2 unspecified atom stereocenters. The topological polar surface area (TPSA) is 75.6 Å². The maximum absolute atomic E-state index is 13.2. The molecule has 2 N–H and O–H groups in total. The Labute approximate surface area is 137 Å². The van der Waals surface area contributed by atoms with Gasteiger partial charge >= 0.3 is 5.97 Å². The van der Waals surface area contributed by atoms with Crippen LogP contribution in [0.4, 0.5) is 4.39 Å². The van der Waals surface area contributed by atoms with Crippen molar-refractivity contribution in [3.05, 3.63) is 34.1 Å². The van der Waals surface area contributed by atoms with Crippen molar-refractivity contribution in [1.82, 2.24) is 5.32 Å². The summed E-state index contributed by atoms with van der Waals surface area (Å²) in [5, 5.41) is 11.7. The van der Waals surface area contributed by atoms with Gasteiger partial charge in [-0.15, -0.1) is 0 Å². The van der Waals surface area contributed by atoms with E-state index in [1.54, 1.807) is 19.1 Å². The first-order chi connectivity index (χ1) is 10.2. The monoisotopic (exact) mass is 375 g/mol. The quantitative estimate of drug-likeness (QED) is 0.766. The van der Waals surface area contributed by atoms with E-state index in [1.165, 1.54) is 20.1 Å². The van der Waals surface area contributed by atoms with Crippen molar-refractivity contribution >= 4 is 27.8 Å². The van der Waals surface area contributed by atoms with Crippen LogP contribution in [0, 0.1) is 11.7 Å². The van der Waals surface area contributed by atoms with E-state index in [9.17, 15) is 19.1 Å². The summed E-state index contributed by atoms with van der Waals surface area (Å²) in [4.78, 5) is 23.4. The second-order valence-electron chi connectivity index (χ2n) is 5.41. The summed E-state index contributed by atoms with van der Waals surface area (Å²) in [7, 11) is 1.37. The molecular weight excluding hydrogens is 357 g/mol. The second kappa shape index (κ2) is 7.69. The number of aliphatic carboxylic acids is 1. The molecule has 0 heterocycles. The summed E-state index contributed by atoms with van der Waals surface area (Å²) in [5.74, 6) is -2.41. The second-order valence-corrected chi connectivity index (χ2v) is 6.27. The molecule has 0 fully saturated rings. The summed E-state index contributed by atoms with van der Waals surface area (Å²) < 4.78 is 18.4. The van der Waals surface area contributed by atoms with Gasteiger partial charge in [0.15, 0.2) is 5.54 Å². The predicted octanol–water partition coefficient (Wildman–Crippen LogP) is 2.37. The van der Waals surface area contributed by atoms with Crippen LogP contribution in [-0.2, 0) is 20.7 Å². The van der Waals surface area contributed by atoms with Gasteiger partial charge in [-0.1, -0.05) is 13.0 Å².